The van der Waals surface area contributed by atoms with Crippen LogP contribution in [-0.4, -0.2) is 43.3 Å². The number of anilines is 1. The molecular formula is C31H39BN2O2. The van der Waals surface area contributed by atoms with E-state index in [1.807, 2.05) is 12.1 Å². The maximum Gasteiger partial charge on any atom is 0.488 e. The molecule has 5 heteroatoms. The Labute approximate surface area is 216 Å². The monoisotopic (exact) mass is 482 g/mol. The average molecular weight is 482 g/mol. The lowest BCUT2D eigenvalue weighted by Gasteiger charge is -2.45. The SMILES string of the molecule is OB(O)c1ccc2c(c1)CCC(C1=CCCC=C1)C2c1ccc(N2CCC3(CCNCC3)CC2)cc1. The van der Waals surface area contributed by atoms with Crippen molar-refractivity contribution in [2.45, 2.75) is 57.3 Å². The second kappa shape index (κ2) is 10.2. The number of aryl methyl sites for hydroxylation is 1. The fourth-order valence-electron chi connectivity index (χ4n) is 7.27. The molecule has 1 spiro atoms. The van der Waals surface area contributed by atoms with Crippen molar-refractivity contribution in [3.05, 3.63) is 83.0 Å². The van der Waals surface area contributed by atoms with Crippen LogP contribution in [0.2, 0.25) is 0 Å². The van der Waals surface area contributed by atoms with Crippen LogP contribution in [0.1, 0.15) is 67.6 Å². The first-order chi connectivity index (χ1) is 17.6. The Morgan fingerprint density at radius 1 is 0.917 bits per heavy atom. The quantitative estimate of drug-likeness (QED) is 0.569. The van der Waals surface area contributed by atoms with Gasteiger partial charge < -0.3 is 20.3 Å². The van der Waals surface area contributed by atoms with E-state index >= 15 is 0 Å². The molecule has 2 unspecified atom stereocenters. The highest BCUT2D eigenvalue weighted by Crippen LogP contribution is 2.46. The molecule has 4 nitrogen and oxygen atoms in total. The lowest BCUT2D eigenvalue weighted by molar-refractivity contribution is 0.155. The maximum absolute atomic E-state index is 9.73. The first kappa shape index (κ1) is 24.0. The van der Waals surface area contributed by atoms with E-state index in [1.54, 1.807) is 0 Å². The van der Waals surface area contributed by atoms with Gasteiger partial charge in [0.15, 0.2) is 0 Å². The molecule has 0 amide bonds. The van der Waals surface area contributed by atoms with E-state index in [4.69, 9.17) is 0 Å². The maximum atomic E-state index is 9.73. The Morgan fingerprint density at radius 3 is 2.39 bits per heavy atom. The molecule has 3 N–H and O–H groups in total. The van der Waals surface area contributed by atoms with Crippen LogP contribution in [0.25, 0.3) is 0 Å². The van der Waals surface area contributed by atoms with E-state index in [2.05, 4.69) is 58.8 Å². The summed E-state index contributed by atoms with van der Waals surface area (Å²) in [6.07, 6.45) is 16.7. The van der Waals surface area contributed by atoms with Gasteiger partial charge in [-0.15, -0.1) is 0 Å². The second-order valence-corrected chi connectivity index (χ2v) is 11.5. The number of piperidine rings is 2. The summed E-state index contributed by atoms with van der Waals surface area (Å²) in [6.45, 7) is 4.70. The predicted molar refractivity (Wildman–Crippen MR) is 149 cm³/mol. The molecule has 0 saturated carbocycles. The van der Waals surface area contributed by atoms with E-state index in [0.717, 1.165) is 38.8 Å². The highest BCUT2D eigenvalue weighted by Gasteiger charge is 2.36. The Hall–Kier alpha value is -2.34. The number of rotatable bonds is 4. The van der Waals surface area contributed by atoms with Crippen LogP contribution in [0, 0.1) is 11.3 Å². The Balaban J connectivity index is 1.27. The largest absolute Gasteiger partial charge is 0.488 e. The van der Waals surface area contributed by atoms with Crippen LogP contribution in [0.5, 0.6) is 0 Å². The molecule has 36 heavy (non-hydrogen) atoms. The average Bonchev–Trinajstić information content (AvgIpc) is 2.93. The minimum Gasteiger partial charge on any atom is -0.423 e. The van der Waals surface area contributed by atoms with E-state index in [9.17, 15) is 10.0 Å². The summed E-state index contributed by atoms with van der Waals surface area (Å²) in [5.41, 5.74) is 7.96. The molecule has 2 heterocycles. The van der Waals surface area contributed by atoms with Gasteiger partial charge in [0.25, 0.3) is 0 Å². The van der Waals surface area contributed by atoms with Crippen molar-refractivity contribution in [3.8, 4) is 0 Å². The first-order valence-corrected chi connectivity index (χ1v) is 14.0. The summed E-state index contributed by atoms with van der Waals surface area (Å²) in [5.74, 6) is 0.751. The van der Waals surface area contributed by atoms with Crippen LogP contribution in [0.15, 0.2) is 66.3 Å². The van der Waals surface area contributed by atoms with Crippen molar-refractivity contribution in [3.63, 3.8) is 0 Å². The molecule has 0 radical (unpaired) electrons. The normalized spacial score (nSPS) is 25.4. The van der Waals surface area contributed by atoms with Crippen molar-refractivity contribution in [1.29, 1.82) is 0 Å². The van der Waals surface area contributed by atoms with E-state index in [0.29, 0.717) is 22.7 Å². The summed E-state index contributed by atoms with van der Waals surface area (Å²) in [4.78, 5) is 2.59. The second-order valence-electron chi connectivity index (χ2n) is 11.5. The fourth-order valence-corrected chi connectivity index (χ4v) is 7.27. The zero-order valence-corrected chi connectivity index (χ0v) is 21.3. The summed E-state index contributed by atoms with van der Waals surface area (Å²) in [7, 11) is -1.41. The van der Waals surface area contributed by atoms with Gasteiger partial charge in [0, 0.05) is 24.7 Å². The van der Waals surface area contributed by atoms with E-state index in [1.165, 1.54) is 66.7 Å². The van der Waals surface area contributed by atoms with Crippen LogP contribution < -0.4 is 15.7 Å². The van der Waals surface area contributed by atoms with Crippen molar-refractivity contribution < 1.29 is 10.0 Å². The zero-order valence-electron chi connectivity index (χ0n) is 21.3. The minimum atomic E-state index is -1.41. The third kappa shape index (κ3) is 4.69. The molecule has 2 aromatic rings. The fraction of sp³-hybridized carbons (Fsp3) is 0.484. The molecule has 4 aliphatic rings. The van der Waals surface area contributed by atoms with Gasteiger partial charge in [-0.1, -0.05) is 48.6 Å². The Bertz CT molecular complexity index is 1120. The van der Waals surface area contributed by atoms with Gasteiger partial charge in [0.05, 0.1) is 0 Å². The van der Waals surface area contributed by atoms with Crippen molar-refractivity contribution in [1.82, 2.24) is 5.32 Å². The summed E-state index contributed by atoms with van der Waals surface area (Å²) in [6, 6.07) is 15.5. The third-order valence-corrected chi connectivity index (χ3v) is 9.48. The van der Waals surface area contributed by atoms with Crippen molar-refractivity contribution in [2.75, 3.05) is 31.1 Å². The number of hydrogen-bond donors (Lipinski definition) is 3. The number of allylic oxidation sites excluding steroid dienone is 4. The van der Waals surface area contributed by atoms with Crippen LogP contribution >= 0.6 is 0 Å². The Kier molecular flexibility index (Phi) is 6.81. The number of nitrogens with one attached hydrogen (secondary N) is 1. The molecular weight excluding hydrogens is 443 g/mol. The summed E-state index contributed by atoms with van der Waals surface area (Å²) >= 11 is 0. The van der Waals surface area contributed by atoms with Crippen molar-refractivity contribution >= 4 is 18.3 Å². The minimum absolute atomic E-state index is 0.293. The van der Waals surface area contributed by atoms with Gasteiger partial charge in [-0.2, -0.15) is 0 Å². The van der Waals surface area contributed by atoms with Gasteiger partial charge >= 0.3 is 7.12 Å². The van der Waals surface area contributed by atoms with Gasteiger partial charge in [0.2, 0.25) is 0 Å². The zero-order chi connectivity index (χ0) is 24.5. The predicted octanol–water partition coefficient (Wildman–Crippen LogP) is 4.31. The molecule has 0 aromatic heterocycles. The topological polar surface area (TPSA) is 55.7 Å². The van der Waals surface area contributed by atoms with Crippen molar-refractivity contribution in [2.24, 2.45) is 11.3 Å². The first-order valence-electron chi connectivity index (χ1n) is 14.0. The molecule has 2 atom stereocenters. The number of hydrogen-bond acceptors (Lipinski definition) is 4. The lowest BCUT2D eigenvalue weighted by atomic mass is 9.66. The summed E-state index contributed by atoms with van der Waals surface area (Å²) < 4.78 is 0. The molecule has 0 bridgehead atoms. The van der Waals surface area contributed by atoms with E-state index in [-0.39, 0.29) is 0 Å². The molecule has 6 rings (SSSR count). The number of benzene rings is 2. The number of nitrogens with zero attached hydrogens (tertiary/aromatic N) is 1. The lowest BCUT2D eigenvalue weighted by Crippen LogP contribution is -2.45. The third-order valence-electron chi connectivity index (χ3n) is 9.48. The van der Waals surface area contributed by atoms with E-state index < -0.39 is 7.12 Å². The summed E-state index contributed by atoms with van der Waals surface area (Å²) in [5, 5.41) is 23.0. The standard InChI is InChI=1S/C31H39BN2O2/c35-32(36)26-9-13-29-25(22-26)8-12-28(23-4-2-1-3-5-23)30(29)24-6-10-27(11-7-24)34-20-16-31(17-21-34)14-18-33-19-15-31/h2,4-7,9-11,13,22,28,30,33,35-36H,1,3,8,12,14-21H2. The highest BCUT2D eigenvalue weighted by molar-refractivity contribution is 6.58. The smallest absolute Gasteiger partial charge is 0.423 e. The Morgan fingerprint density at radius 2 is 1.69 bits per heavy atom. The molecule has 188 valence electrons. The molecule has 2 aliphatic heterocycles. The molecule has 2 aromatic carbocycles. The van der Waals surface area contributed by atoms with Gasteiger partial charge in [-0.25, -0.2) is 0 Å². The van der Waals surface area contributed by atoms with Crippen LogP contribution in [0.3, 0.4) is 0 Å². The van der Waals surface area contributed by atoms with Gasteiger partial charge in [-0.05, 0) is 116 Å². The highest BCUT2D eigenvalue weighted by atomic mass is 16.4. The molecule has 2 fully saturated rings. The van der Waals surface area contributed by atoms with Gasteiger partial charge in [-0.3, -0.25) is 0 Å². The van der Waals surface area contributed by atoms with Crippen LogP contribution in [0.4, 0.5) is 5.69 Å². The van der Waals surface area contributed by atoms with Gasteiger partial charge in [0.1, 0.15) is 0 Å². The molecule has 2 saturated heterocycles. The van der Waals surface area contributed by atoms with Crippen LogP contribution in [-0.2, 0) is 6.42 Å². The number of fused-ring (bicyclic) bond motifs is 1. The molecule has 2 aliphatic carbocycles.